The van der Waals surface area contributed by atoms with Crippen molar-refractivity contribution in [1.29, 1.82) is 0 Å². The lowest BCUT2D eigenvalue weighted by Crippen LogP contribution is -1.94. The smallest absolute Gasteiger partial charge is 0.328 e. The molecule has 0 aliphatic rings. The highest BCUT2D eigenvalue weighted by Gasteiger charge is 1.96. The molecule has 0 radical (unpaired) electrons. The topological polar surface area (TPSA) is 46.5 Å². The van der Waals surface area contributed by atoms with E-state index in [9.17, 15) is 4.79 Å². The Labute approximate surface area is 118 Å². The van der Waals surface area contributed by atoms with Gasteiger partial charge >= 0.3 is 5.97 Å². The van der Waals surface area contributed by atoms with Crippen molar-refractivity contribution >= 4 is 12.0 Å². The summed E-state index contributed by atoms with van der Waals surface area (Å²) in [5.74, 6) is -0.948. The Morgan fingerprint density at radius 2 is 1.70 bits per heavy atom. The first kappa shape index (κ1) is 14.0. The predicted octanol–water partition coefficient (Wildman–Crippen LogP) is 3.50. The van der Waals surface area contributed by atoms with E-state index in [0.717, 1.165) is 22.8 Å². The molecule has 0 amide bonds. The van der Waals surface area contributed by atoms with E-state index in [-0.39, 0.29) is 0 Å². The standard InChI is InChI=1S/C17H16O3/c18-17(19)10-9-14-7-4-8-16(11-14)13-20-12-15-5-2-1-3-6-15/h1-11H,12-13H2,(H,18,19). The molecule has 0 aromatic heterocycles. The number of rotatable bonds is 6. The molecule has 0 aliphatic carbocycles. The highest BCUT2D eigenvalue weighted by atomic mass is 16.5. The fourth-order valence-electron chi connectivity index (χ4n) is 1.82. The molecule has 0 atom stereocenters. The molecule has 1 N–H and O–H groups in total. The van der Waals surface area contributed by atoms with Gasteiger partial charge in [-0.05, 0) is 28.8 Å². The molecule has 0 aliphatic heterocycles. The molecule has 3 nitrogen and oxygen atoms in total. The van der Waals surface area contributed by atoms with E-state index in [1.54, 1.807) is 6.08 Å². The van der Waals surface area contributed by atoms with Crippen LogP contribution in [0.15, 0.2) is 60.7 Å². The number of aliphatic carboxylic acids is 1. The predicted molar refractivity (Wildman–Crippen MR) is 78.0 cm³/mol. The van der Waals surface area contributed by atoms with Crippen LogP contribution in [0.1, 0.15) is 16.7 Å². The average Bonchev–Trinajstić information content (AvgIpc) is 2.47. The van der Waals surface area contributed by atoms with Gasteiger partial charge < -0.3 is 9.84 Å². The van der Waals surface area contributed by atoms with Crippen LogP contribution >= 0.6 is 0 Å². The van der Waals surface area contributed by atoms with Crippen LogP contribution in [-0.2, 0) is 22.7 Å². The Hall–Kier alpha value is -2.39. The largest absolute Gasteiger partial charge is 0.478 e. The number of ether oxygens (including phenoxy) is 1. The number of benzene rings is 2. The van der Waals surface area contributed by atoms with Crippen molar-refractivity contribution < 1.29 is 14.6 Å². The van der Waals surface area contributed by atoms with E-state index >= 15 is 0 Å². The second-order valence-electron chi connectivity index (χ2n) is 4.40. The second-order valence-corrected chi connectivity index (χ2v) is 4.40. The lowest BCUT2D eigenvalue weighted by molar-refractivity contribution is -0.131. The first-order chi connectivity index (χ1) is 9.74. The molecule has 3 heteroatoms. The number of hydrogen-bond acceptors (Lipinski definition) is 2. The minimum Gasteiger partial charge on any atom is -0.478 e. The molecule has 2 aromatic carbocycles. The Kier molecular flexibility index (Phi) is 5.09. The van der Waals surface area contributed by atoms with Crippen LogP contribution in [0.5, 0.6) is 0 Å². The SMILES string of the molecule is O=C(O)C=Cc1cccc(COCc2ccccc2)c1. The van der Waals surface area contributed by atoms with Gasteiger partial charge in [-0.1, -0.05) is 48.5 Å². The van der Waals surface area contributed by atoms with Gasteiger partial charge in [-0.25, -0.2) is 4.79 Å². The van der Waals surface area contributed by atoms with Crippen molar-refractivity contribution in [3.63, 3.8) is 0 Å². The third kappa shape index (κ3) is 4.71. The van der Waals surface area contributed by atoms with E-state index in [1.165, 1.54) is 0 Å². The van der Waals surface area contributed by atoms with Gasteiger partial charge in [0, 0.05) is 6.08 Å². The van der Waals surface area contributed by atoms with Gasteiger partial charge in [0.25, 0.3) is 0 Å². The minimum absolute atomic E-state index is 0.504. The van der Waals surface area contributed by atoms with E-state index in [2.05, 4.69) is 0 Å². The van der Waals surface area contributed by atoms with Gasteiger partial charge in [0.1, 0.15) is 0 Å². The van der Waals surface area contributed by atoms with Crippen LogP contribution < -0.4 is 0 Å². The third-order valence-corrected chi connectivity index (χ3v) is 2.75. The van der Waals surface area contributed by atoms with Gasteiger partial charge in [0.2, 0.25) is 0 Å². The van der Waals surface area contributed by atoms with Crippen LogP contribution in [0, 0.1) is 0 Å². The average molecular weight is 268 g/mol. The Morgan fingerprint density at radius 3 is 2.45 bits per heavy atom. The molecule has 102 valence electrons. The monoisotopic (exact) mass is 268 g/mol. The zero-order valence-electron chi connectivity index (χ0n) is 11.0. The molecule has 0 saturated heterocycles. The summed E-state index contributed by atoms with van der Waals surface area (Å²) in [5, 5.41) is 8.60. The zero-order valence-corrected chi connectivity index (χ0v) is 11.0. The summed E-state index contributed by atoms with van der Waals surface area (Å²) in [5.41, 5.74) is 3.01. The second kappa shape index (κ2) is 7.26. The summed E-state index contributed by atoms with van der Waals surface area (Å²) in [6, 6.07) is 17.6. The van der Waals surface area contributed by atoms with E-state index in [0.29, 0.717) is 13.2 Å². The maximum absolute atomic E-state index is 10.5. The summed E-state index contributed by atoms with van der Waals surface area (Å²) in [6.45, 7) is 1.07. The molecule has 0 fully saturated rings. The highest BCUT2D eigenvalue weighted by Crippen LogP contribution is 2.10. The van der Waals surface area contributed by atoms with Crippen molar-refractivity contribution in [2.45, 2.75) is 13.2 Å². The summed E-state index contributed by atoms with van der Waals surface area (Å²) in [7, 11) is 0. The Bertz CT molecular complexity index is 588. The highest BCUT2D eigenvalue weighted by molar-refractivity contribution is 5.85. The van der Waals surface area contributed by atoms with Gasteiger partial charge in [0.05, 0.1) is 13.2 Å². The van der Waals surface area contributed by atoms with Gasteiger partial charge in [-0.3, -0.25) is 0 Å². The maximum atomic E-state index is 10.5. The number of hydrogen-bond donors (Lipinski definition) is 1. The third-order valence-electron chi connectivity index (χ3n) is 2.75. The molecule has 0 spiro atoms. The molecule has 0 heterocycles. The van der Waals surface area contributed by atoms with E-state index < -0.39 is 5.97 Å². The van der Waals surface area contributed by atoms with Crippen molar-refractivity contribution in [3.8, 4) is 0 Å². The molecule has 2 aromatic rings. The molecule has 0 saturated carbocycles. The van der Waals surface area contributed by atoms with Gasteiger partial charge in [-0.15, -0.1) is 0 Å². The summed E-state index contributed by atoms with van der Waals surface area (Å²) in [4.78, 5) is 10.5. The van der Waals surface area contributed by atoms with Crippen LogP contribution in [0.3, 0.4) is 0 Å². The zero-order chi connectivity index (χ0) is 14.2. The molecule has 0 bridgehead atoms. The Balaban J connectivity index is 1.90. The lowest BCUT2D eigenvalue weighted by atomic mass is 10.1. The van der Waals surface area contributed by atoms with Crippen LogP contribution in [0.4, 0.5) is 0 Å². The van der Waals surface area contributed by atoms with Crippen LogP contribution in [-0.4, -0.2) is 11.1 Å². The first-order valence-electron chi connectivity index (χ1n) is 6.35. The summed E-state index contributed by atoms with van der Waals surface area (Å²) in [6.07, 6.45) is 2.70. The molecule has 20 heavy (non-hydrogen) atoms. The molecule has 0 unspecified atom stereocenters. The van der Waals surface area contributed by atoms with Crippen molar-refractivity contribution in [2.24, 2.45) is 0 Å². The minimum atomic E-state index is -0.948. The normalized spacial score (nSPS) is 10.8. The van der Waals surface area contributed by atoms with E-state index in [4.69, 9.17) is 9.84 Å². The quantitative estimate of drug-likeness (QED) is 0.816. The van der Waals surface area contributed by atoms with Crippen LogP contribution in [0.2, 0.25) is 0 Å². The van der Waals surface area contributed by atoms with Crippen molar-refractivity contribution in [3.05, 3.63) is 77.4 Å². The van der Waals surface area contributed by atoms with Crippen molar-refractivity contribution in [1.82, 2.24) is 0 Å². The lowest BCUT2D eigenvalue weighted by Gasteiger charge is -2.05. The van der Waals surface area contributed by atoms with Crippen molar-refractivity contribution in [2.75, 3.05) is 0 Å². The summed E-state index contributed by atoms with van der Waals surface area (Å²) < 4.78 is 5.65. The first-order valence-corrected chi connectivity index (χ1v) is 6.35. The fourth-order valence-corrected chi connectivity index (χ4v) is 1.82. The number of carboxylic acids is 1. The molecular weight excluding hydrogens is 252 g/mol. The van der Waals surface area contributed by atoms with Gasteiger partial charge in [-0.2, -0.15) is 0 Å². The summed E-state index contributed by atoms with van der Waals surface area (Å²) >= 11 is 0. The maximum Gasteiger partial charge on any atom is 0.328 e. The Morgan fingerprint density at radius 1 is 1.00 bits per heavy atom. The van der Waals surface area contributed by atoms with E-state index in [1.807, 2.05) is 54.6 Å². The molecule has 2 rings (SSSR count). The molecular formula is C17H16O3. The number of carbonyl (C=O) groups is 1. The fraction of sp³-hybridized carbons (Fsp3) is 0.118. The number of carboxylic acid groups (broad SMARTS) is 1. The van der Waals surface area contributed by atoms with Crippen LogP contribution in [0.25, 0.3) is 6.08 Å². The van der Waals surface area contributed by atoms with Gasteiger partial charge in [0.15, 0.2) is 0 Å².